The standard InChI is InChI=1S/C20H24ClNO2/c1-20(2)8-4-5-17(20)15-9-13(12-23)6-7-14(15)16-10-19(24-3)22-11-18(16)21/h6-7,9-11,17,23H,4-5,8,12H2,1-3H3/t17-/m0/s1. The lowest BCUT2D eigenvalue weighted by atomic mass is 9.75. The van der Waals surface area contributed by atoms with Crippen molar-refractivity contribution in [3.63, 3.8) is 0 Å². The lowest BCUT2D eigenvalue weighted by Gasteiger charge is -2.30. The Hall–Kier alpha value is -1.58. The quantitative estimate of drug-likeness (QED) is 0.828. The normalized spacial score (nSPS) is 19.5. The van der Waals surface area contributed by atoms with E-state index in [2.05, 4.69) is 31.0 Å². The predicted octanol–water partition coefficient (Wildman–Crippen LogP) is 5.20. The highest BCUT2D eigenvalue weighted by Crippen LogP contribution is 2.51. The van der Waals surface area contributed by atoms with E-state index in [0.717, 1.165) is 23.1 Å². The van der Waals surface area contributed by atoms with Gasteiger partial charge in [-0.05, 0) is 40.9 Å². The molecule has 1 heterocycles. The Balaban J connectivity index is 2.18. The van der Waals surface area contributed by atoms with Crippen LogP contribution in [0.5, 0.6) is 5.88 Å². The van der Waals surface area contributed by atoms with Gasteiger partial charge in [0.2, 0.25) is 5.88 Å². The van der Waals surface area contributed by atoms with Gasteiger partial charge in [-0.2, -0.15) is 0 Å². The summed E-state index contributed by atoms with van der Waals surface area (Å²) in [4.78, 5) is 4.18. The molecule has 128 valence electrons. The molecule has 1 N–H and O–H groups in total. The molecular formula is C20H24ClNO2. The summed E-state index contributed by atoms with van der Waals surface area (Å²) in [5, 5.41) is 10.2. The first-order valence-electron chi connectivity index (χ1n) is 8.40. The second-order valence-electron chi connectivity index (χ2n) is 7.22. The highest BCUT2D eigenvalue weighted by atomic mass is 35.5. The molecule has 1 aromatic carbocycles. The van der Waals surface area contributed by atoms with Gasteiger partial charge in [0.05, 0.1) is 24.9 Å². The van der Waals surface area contributed by atoms with Crippen LogP contribution in [-0.4, -0.2) is 17.2 Å². The van der Waals surface area contributed by atoms with Gasteiger partial charge < -0.3 is 9.84 Å². The zero-order chi connectivity index (χ0) is 17.3. The summed E-state index contributed by atoms with van der Waals surface area (Å²) in [5.74, 6) is 1.01. The summed E-state index contributed by atoms with van der Waals surface area (Å²) in [6, 6.07) is 8.05. The maximum absolute atomic E-state index is 9.58. The van der Waals surface area contributed by atoms with Crippen molar-refractivity contribution in [3.05, 3.63) is 46.6 Å². The lowest BCUT2D eigenvalue weighted by Crippen LogP contribution is -2.16. The molecule has 1 aliphatic rings. The van der Waals surface area contributed by atoms with E-state index in [1.807, 2.05) is 12.1 Å². The van der Waals surface area contributed by atoms with E-state index < -0.39 is 0 Å². The Labute approximate surface area is 148 Å². The van der Waals surface area contributed by atoms with Crippen LogP contribution in [0.15, 0.2) is 30.5 Å². The van der Waals surface area contributed by atoms with Crippen molar-refractivity contribution < 1.29 is 9.84 Å². The number of methoxy groups -OCH3 is 1. The molecule has 1 aliphatic carbocycles. The van der Waals surface area contributed by atoms with Crippen molar-refractivity contribution in [2.24, 2.45) is 5.41 Å². The molecule has 1 fully saturated rings. The molecule has 3 rings (SSSR count). The van der Waals surface area contributed by atoms with Crippen molar-refractivity contribution in [1.29, 1.82) is 0 Å². The van der Waals surface area contributed by atoms with Gasteiger partial charge in [0, 0.05) is 11.6 Å². The summed E-state index contributed by atoms with van der Waals surface area (Å²) < 4.78 is 5.27. The topological polar surface area (TPSA) is 42.4 Å². The van der Waals surface area contributed by atoms with Crippen LogP contribution in [0.2, 0.25) is 5.02 Å². The van der Waals surface area contributed by atoms with Gasteiger partial charge in [-0.1, -0.05) is 50.1 Å². The fourth-order valence-corrected chi connectivity index (χ4v) is 4.09. The van der Waals surface area contributed by atoms with Crippen molar-refractivity contribution in [2.45, 2.75) is 45.6 Å². The van der Waals surface area contributed by atoms with Gasteiger partial charge in [-0.25, -0.2) is 4.98 Å². The molecule has 1 saturated carbocycles. The number of ether oxygens (including phenoxy) is 1. The Morgan fingerprint density at radius 2 is 2.08 bits per heavy atom. The van der Waals surface area contributed by atoms with Crippen LogP contribution in [0.1, 0.15) is 50.2 Å². The van der Waals surface area contributed by atoms with E-state index in [9.17, 15) is 5.11 Å². The Kier molecular flexibility index (Phi) is 4.84. The molecule has 0 amide bonds. The third-order valence-electron chi connectivity index (χ3n) is 5.26. The zero-order valence-corrected chi connectivity index (χ0v) is 15.2. The molecule has 0 spiro atoms. The molecular weight excluding hydrogens is 322 g/mol. The van der Waals surface area contributed by atoms with Crippen LogP contribution in [0.25, 0.3) is 11.1 Å². The fraction of sp³-hybridized carbons (Fsp3) is 0.450. The van der Waals surface area contributed by atoms with Gasteiger partial charge in [0.1, 0.15) is 0 Å². The molecule has 0 radical (unpaired) electrons. The number of hydrogen-bond acceptors (Lipinski definition) is 3. The monoisotopic (exact) mass is 345 g/mol. The Morgan fingerprint density at radius 1 is 1.29 bits per heavy atom. The molecule has 1 aromatic heterocycles. The highest BCUT2D eigenvalue weighted by molar-refractivity contribution is 6.33. The first-order valence-corrected chi connectivity index (χ1v) is 8.77. The summed E-state index contributed by atoms with van der Waals surface area (Å²) in [5.41, 5.74) is 4.49. The molecule has 0 bridgehead atoms. The second-order valence-corrected chi connectivity index (χ2v) is 7.63. The van der Waals surface area contributed by atoms with E-state index >= 15 is 0 Å². The first-order chi connectivity index (χ1) is 11.5. The third-order valence-corrected chi connectivity index (χ3v) is 5.56. The third kappa shape index (κ3) is 3.15. The van der Waals surface area contributed by atoms with Crippen LogP contribution in [-0.2, 0) is 6.61 Å². The van der Waals surface area contributed by atoms with Gasteiger partial charge in [-0.3, -0.25) is 0 Å². The number of rotatable bonds is 4. The molecule has 3 nitrogen and oxygen atoms in total. The van der Waals surface area contributed by atoms with Crippen LogP contribution >= 0.6 is 11.6 Å². The highest BCUT2D eigenvalue weighted by Gasteiger charge is 2.37. The zero-order valence-electron chi connectivity index (χ0n) is 14.5. The van der Waals surface area contributed by atoms with Gasteiger partial charge in [0.15, 0.2) is 0 Å². The largest absolute Gasteiger partial charge is 0.481 e. The molecule has 0 aliphatic heterocycles. The average molecular weight is 346 g/mol. The molecule has 1 atom stereocenters. The number of nitrogens with zero attached hydrogens (tertiary/aromatic N) is 1. The number of pyridine rings is 1. The molecule has 2 aromatic rings. The Bertz CT molecular complexity index is 742. The summed E-state index contributed by atoms with van der Waals surface area (Å²) >= 11 is 6.44. The predicted molar refractivity (Wildman–Crippen MR) is 97.5 cm³/mol. The molecule has 0 saturated heterocycles. The fourth-order valence-electron chi connectivity index (χ4n) is 3.88. The minimum Gasteiger partial charge on any atom is -0.481 e. The van der Waals surface area contributed by atoms with Crippen LogP contribution in [0.4, 0.5) is 0 Å². The number of hydrogen-bond donors (Lipinski definition) is 1. The molecule has 4 heteroatoms. The maximum Gasteiger partial charge on any atom is 0.213 e. The van der Waals surface area contributed by atoms with E-state index in [0.29, 0.717) is 16.8 Å². The van der Waals surface area contributed by atoms with Gasteiger partial charge >= 0.3 is 0 Å². The SMILES string of the molecule is COc1cc(-c2ccc(CO)cc2[C@@H]2CCCC2(C)C)c(Cl)cn1. The van der Waals surface area contributed by atoms with E-state index in [-0.39, 0.29) is 12.0 Å². The minimum atomic E-state index is 0.0494. The van der Waals surface area contributed by atoms with Crippen molar-refractivity contribution in [3.8, 4) is 17.0 Å². The van der Waals surface area contributed by atoms with Crippen molar-refractivity contribution in [1.82, 2.24) is 4.98 Å². The Morgan fingerprint density at radius 3 is 2.71 bits per heavy atom. The van der Waals surface area contributed by atoms with Crippen molar-refractivity contribution >= 4 is 11.6 Å². The maximum atomic E-state index is 9.58. The summed E-state index contributed by atoms with van der Waals surface area (Å²) in [6.07, 6.45) is 5.25. The molecule has 0 unspecified atom stereocenters. The smallest absolute Gasteiger partial charge is 0.213 e. The number of aliphatic hydroxyl groups is 1. The van der Waals surface area contributed by atoms with Gasteiger partial charge in [0.25, 0.3) is 0 Å². The number of halogens is 1. The first kappa shape index (κ1) is 17.2. The number of aliphatic hydroxyl groups excluding tert-OH is 1. The minimum absolute atomic E-state index is 0.0494. The average Bonchev–Trinajstić information content (AvgIpc) is 2.94. The van der Waals surface area contributed by atoms with Crippen LogP contribution < -0.4 is 4.74 Å². The van der Waals surface area contributed by atoms with E-state index in [1.165, 1.54) is 18.4 Å². The lowest BCUT2D eigenvalue weighted by molar-refractivity contribution is 0.281. The van der Waals surface area contributed by atoms with E-state index in [1.54, 1.807) is 13.3 Å². The van der Waals surface area contributed by atoms with Crippen molar-refractivity contribution in [2.75, 3.05) is 7.11 Å². The molecule has 24 heavy (non-hydrogen) atoms. The van der Waals surface area contributed by atoms with Gasteiger partial charge in [-0.15, -0.1) is 0 Å². The van der Waals surface area contributed by atoms with Crippen LogP contribution in [0.3, 0.4) is 0 Å². The second kappa shape index (κ2) is 6.73. The summed E-state index contributed by atoms with van der Waals surface area (Å²) in [7, 11) is 1.61. The van der Waals surface area contributed by atoms with E-state index in [4.69, 9.17) is 16.3 Å². The number of aromatic nitrogens is 1. The van der Waals surface area contributed by atoms with Crippen LogP contribution in [0, 0.1) is 5.41 Å². The number of benzene rings is 1. The summed E-state index contributed by atoms with van der Waals surface area (Å²) in [6.45, 7) is 4.71.